The highest BCUT2D eigenvalue weighted by atomic mass is 16.6. The van der Waals surface area contributed by atoms with Crippen LogP contribution in [0.25, 0.3) is 0 Å². The summed E-state index contributed by atoms with van der Waals surface area (Å²) in [7, 11) is 1.40. The molecule has 1 fully saturated rings. The van der Waals surface area contributed by atoms with Gasteiger partial charge in [0.05, 0.1) is 24.4 Å². The predicted molar refractivity (Wildman–Crippen MR) is 105 cm³/mol. The maximum absolute atomic E-state index is 13.0. The number of benzene rings is 1. The number of imidazole rings is 1. The van der Waals surface area contributed by atoms with Gasteiger partial charge in [-0.1, -0.05) is 0 Å². The Labute approximate surface area is 171 Å². The van der Waals surface area contributed by atoms with Crippen LogP contribution < -0.4 is 15.0 Å². The molecule has 0 radical (unpaired) electrons. The molecule has 11 heteroatoms. The molecular weight excluding hydrogens is 394 g/mol. The largest absolute Gasteiger partial charge is 0.497 e. The number of carbonyl (C=O) groups is 3. The molecule has 1 aliphatic heterocycles. The number of nitro benzene ring substituents is 1. The van der Waals surface area contributed by atoms with Crippen molar-refractivity contribution in [2.45, 2.75) is 38.3 Å². The molecule has 3 rings (SSSR count). The zero-order valence-electron chi connectivity index (χ0n) is 16.5. The SMILES string of the molecule is COc1ccc([N+](=O)[O-])c(N2C(=O)CC[C@H]2C(=O)N[C@@H](Cc2cnc[nH]2)C(C)=O)c1. The van der Waals surface area contributed by atoms with Crippen LogP contribution in [0.3, 0.4) is 0 Å². The number of carbonyl (C=O) groups excluding carboxylic acids is 3. The van der Waals surface area contributed by atoms with E-state index in [0.29, 0.717) is 11.4 Å². The fourth-order valence-corrected chi connectivity index (χ4v) is 3.39. The first-order chi connectivity index (χ1) is 14.3. The molecule has 2 amide bonds. The lowest BCUT2D eigenvalue weighted by Crippen LogP contribution is -2.50. The third kappa shape index (κ3) is 4.29. The fraction of sp³-hybridized carbons (Fsp3) is 0.368. The van der Waals surface area contributed by atoms with Crippen molar-refractivity contribution in [2.24, 2.45) is 0 Å². The molecule has 0 aliphatic carbocycles. The van der Waals surface area contributed by atoms with Gasteiger partial charge in [0, 0.05) is 36.9 Å². The molecule has 0 unspecified atom stereocenters. The first kappa shape index (κ1) is 21.0. The van der Waals surface area contributed by atoms with Crippen molar-refractivity contribution >= 4 is 29.0 Å². The van der Waals surface area contributed by atoms with Crippen molar-refractivity contribution in [3.05, 3.63) is 46.5 Å². The number of aromatic nitrogens is 2. The standard InChI is InChI=1S/C19H21N5O6/c1-11(25)14(7-12-9-20-10-21-12)22-19(27)16-5-6-18(26)23(16)17-8-13(30-2)3-4-15(17)24(28)29/h3-4,8-10,14,16H,5-7H2,1-2H3,(H,20,21)(H,22,27)/t14-,16-/m0/s1. The first-order valence-electron chi connectivity index (χ1n) is 9.24. The van der Waals surface area contributed by atoms with Crippen molar-refractivity contribution in [1.29, 1.82) is 0 Å². The number of hydrogen-bond donors (Lipinski definition) is 2. The maximum atomic E-state index is 13.0. The number of Topliss-reactive ketones (excluding diaryl/α,β-unsaturated/α-hetero) is 1. The fourth-order valence-electron chi connectivity index (χ4n) is 3.39. The highest BCUT2D eigenvalue weighted by molar-refractivity contribution is 6.06. The Balaban J connectivity index is 1.88. The topological polar surface area (TPSA) is 148 Å². The zero-order chi connectivity index (χ0) is 21.8. The third-order valence-electron chi connectivity index (χ3n) is 4.94. The van der Waals surface area contributed by atoms with Crippen molar-refractivity contribution in [2.75, 3.05) is 12.0 Å². The smallest absolute Gasteiger partial charge is 0.293 e. The summed E-state index contributed by atoms with van der Waals surface area (Å²) in [5.41, 5.74) is 0.331. The predicted octanol–water partition coefficient (Wildman–Crippen LogP) is 1.14. The van der Waals surface area contributed by atoms with Crippen molar-refractivity contribution in [3.8, 4) is 5.75 Å². The van der Waals surface area contributed by atoms with Gasteiger partial charge in [-0.15, -0.1) is 0 Å². The second-order valence-corrected chi connectivity index (χ2v) is 6.88. The summed E-state index contributed by atoms with van der Waals surface area (Å²) < 4.78 is 5.12. The lowest BCUT2D eigenvalue weighted by Gasteiger charge is -2.26. The van der Waals surface area contributed by atoms with E-state index in [0.717, 1.165) is 4.90 Å². The van der Waals surface area contributed by atoms with Gasteiger partial charge in [-0.05, 0) is 19.4 Å². The van der Waals surface area contributed by atoms with E-state index in [1.165, 1.54) is 38.6 Å². The van der Waals surface area contributed by atoms with Crippen molar-refractivity contribution in [3.63, 3.8) is 0 Å². The Morgan fingerprint density at radius 1 is 1.47 bits per heavy atom. The first-order valence-corrected chi connectivity index (χ1v) is 9.24. The van der Waals surface area contributed by atoms with Gasteiger partial charge in [-0.2, -0.15) is 0 Å². The number of nitrogens with zero attached hydrogens (tertiary/aromatic N) is 3. The van der Waals surface area contributed by atoms with Gasteiger partial charge in [-0.25, -0.2) is 4.98 Å². The summed E-state index contributed by atoms with van der Waals surface area (Å²) in [4.78, 5) is 56.3. The van der Waals surface area contributed by atoms with Crippen molar-refractivity contribution < 1.29 is 24.0 Å². The number of hydrogen-bond acceptors (Lipinski definition) is 7. The molecule has 1 saturated heterocycles. The number of aromatic amines is 1. The number of amides is 2. The summed E-state index contributed by atoms with van der Waals surface area (Å²) in [6, 6.07) is 2.19. The van der Waals surface area contributed by atoms with E-state index in [-0.39, 0.29) is 36.4 Å². The molecule has 0 bridgehead atoms. The number of anilines is 1. The monoisotopic (exact) mass is 415 g/mol. The van der Waals surface area contributed by atoms with E-state index < -0.39 is 28.8 Å². The molecule has 0 saturated carbocycles. The molecule has 1 aromatic heterocycles. The van der Waals surface area contributed by atoms with Crippen molar-refractivity contribution in [1.82, 2.24) is 15.3 Å². The molecule has 2 heterocycles. The molecule has 2 N–H and O–H groups in total. The highest BCUT2D eigenvalue weighted by Crippen LogP contribution is 2.37. The van der Waals surface area contributed by atoms with Crippen LogP contribution in [-0.2, 0) is 20.8 Å². The van der Waals surface area contributed by atoms with Gasteiger partial charge in [-0.3, -0.25) is 29.4 Å². The Kier molecular flexibility index (Phi) is 6.09. The number of rotatable bonds is 8. The minimum atomic E-state index is -0.980. The third-order valence-corrected chi connectivity index (χ3v) is 4.94. The van der Waals surface area contributed by atoms with Crippen LogP contribution in [-0.4, -0.2) is 51.7 Å². The van der Waals surface area contributed by atoms with Gasteiger partial charge in [0.25, 0.3) is 5.69 Å². The number of ether oxygens (including phenoxy) is 1. The van der Waals surface area contributed by atoms with Gasteiger partial charge >= 0.3 is 0 Å². The minimum Gasteiger partial charge on any atom is -0.497 e. The maximum Gasteiger partial charge on any atom is 0.293 e. The van der Waals surface area contributed by atoms with Crippen LogP contribution in [0, 0.1) is 10.1 Å². The number of ketones is 1. The molecular formula is C19H21N5O6. The van der Waals surface area contributed by atoms with Crippen LogP contribution in [0.4, 0.5) is 11.4 Å². The van der Waals surface area contributed by atoms with Crippen LogP contribution in [0.2, 0.25) is 0 Å². The summed E-state index contributed by atoms with van der Waals surface area (Å²) >= 11 is 0. The molecule has 11 nitrogen and oxygen atoms in total. The second kappa shape index (κ2) is 8.72. The van der Waals surface area contributed by atoms with Crippen LogP contribution >= 0.6 is 0 Å². The molecule has 2 aromatic rings. The van der Waals surface area contributed by atoms with Crippen LogP contribution in [0.1, 0.15) is 25.5 Å². The average Bonchev–Trinajstić information content (AvgIpc) is 3.36. The summed E-state index contributed by atoms with van der Waals surface area (Å²) in [6.45, 7) is 1.35. The number of methoxy groups -OCH3 is 1. The second-order valence-electron chi connectivity index (χ2n) is 6.88. The quantitative estimate of drug-likeness (QED) is 0.485. The minimum absolute atomic E-state index is 0.0186. The van der Waals surface area contributed by atoms with Crippen LogP contribution in [0.5, 0.6) is 5.75 Å². The molecule has 158 valence electrons. The Morgan fingerprint density at radius 3 is 2.83 bits per heavy atom. The summed E-state index contributed by atoms with van der Waals surface area (Å²) in [5.74, 6) is -0.923. The van der Waals surface area contributed by atoms with Gasteiger partial charge in [0.15, 0.2) is 5.78 Å². The molecule has 0 spiro atoms. The van der Waals surface area contributed by atoms with Crippen LogP contribution in [0.15, 0.2) is 30.7 Å². The summed E-state index contributed by atoms with van der Waals surface area (Å²) in [6.07, 6.45) is 3.45. The van der Waals surface area contributed by atoms with E-state index in [1.807, 2.05) is 0 Å². The summed E-state index contributed by atoms with van der Waals surface area (Å²) in [5, 5.41) is 14.1. The number of nitrogens with one attached hydrogen (secondary N) is 2. The Morgan fingerprint density at radius 2 is 2.23 bits per heavy atom. The van der Waals surface area contributed by atoms with E-state index in [2.05, 4.69) is 15.3 Å². The normalized spacial score (nSPS) is 16.9. The molecule has 1 aliphatic rings. The average molecular weight is 415 g/mol. The Hall–Kier alpha value is -3.76. The van der Waals surface area contributed by atoms with E-state index in [1.54, 1.807) is 6.20 Å². The van der Waals surface area contributed by atoms with E-state index in [9.17, 15) is 24.5 Å². The Bertz CT molecular complexity index is 974. The van der Waals surface area contributed by atoms with Gasteiger partial charge in [0.1, 0.15) is 17.5 Å². The number of H-pyrrole nitrogens is 1. The molecule has 1 aromatic carbocycles. The lowest BCUT2D eigenvalue weighted by atomic mass is 10.1. The molecule has 30 heavy (non-hydrogen) atoms. The van der Waals surface area contributed by atoms with E-state index in [4.69, 9.17) is 4.74 Å². The highest BCUT2D eigenvalue weighted by Gasteiger charge is 2.41. The van der Waals surface area contributed by atoms with Gasteiger partial charge < -0.3 is 15.0 Å². The zero-order valence-corrected chi connectivity index (χ0v) is 16.5. The van der Waals surface area contributed by atoms with E-state index >= 15 is 0 Å². The lowest BCUT2D eigenvalue weighted by molar-refractivity contribution is -0.384. The number of nitro groups is 1. The molecule has 2 atom stereocenters. The van der Waals surface area contributed by atoms with Gasteiger partial charge in [0.2, 0.25) is 11.8 Å².